The Labute approximate surface area is 71.4 Å². The highest BCUT2D eigenvalue weighted by molar-refractivity contribution is 5.93. The van der Waals surface area contributed by atoms with Crippen molar-refractivity contribution in [3.63, 3.8) is 0 Å². The minimum atomic E-state index is -4.44. The molecule has 2 saturated heterocycles. The second-order valence-electron chi connectivity index (χ2n) is 3.08. The molecule has 0 aromatic heterocycles. The van der Waals surface area contributed by atoms with Gasteiger partial charge in [-0.3, -0.25) is 9.63 Å². The molecule has 1 amide bonds. The van der Waals surface area contributed by atoms with Gasteiger partial charge in [-0.2, -0.15) is 13.2 Å². The van der Waals surface area contributed by atoms with Crippen molar-refractivity contribution in [2.75, 3.05) is 6.54 Å². The highest BCUT2D eigenvalue weighted by atomic mass is 19.4. The number of hydrogen-bond donors (Lipinski definition) is 2. The maximum Gasteiger partial charge on any atom is 0.412 e. The molecule has 1 spiro atoms. The Morgan fingerprint density at radius 2 is 2.23 bits per heavy atom. The van der Waals surface area contributed by atoms with E-state index in [-0.39, 0.29) is 13.0 Å². The van der Waals surface area contributed by atoms with Gasteiger partial charge in [-0.15, -0.1) is 0 Å². The van der Waals surface area contributed by atoms with Crippen molar-refractivity contribution in [2.45, 2.75) is 24.2 Å². The van der Waals surface area contributed by atoms with Crippen LogP contribution < -0.4 is 10.8 Å². The number of carbonyl (C=O) groups is 1. The summed E-state index contributed by atoms with van der Waals surface area (Å²) in [6.45, 7) is 0.264. The van der Waals surface area contributed by atoms with Crippen molar-refractivity contribution in [1.82, 2.24) is 10.8 Å². The number of nitrogens with one attached hydrogen (secondary N) is 2. The molecule has 13 heavy (non-hydrogen) atoms. The first kappa shape index (κ1) is 8.76. The molecule has 2 heterocycles. The van der Waals surface area contributed by atoms with E-state index in [0.29, 0.717) is 0 Å². The van der Waals surface area contributed by atoms with E-state index >= 15 is 0 Å². The summed E-state index contributed by atoms with van der Waals surface area (Å²) >= 11 is 0. The van der Waals surface area contributed by atoms with Crippen LogP contribution in [0.2, 0.25) is 0 Å². The van der Waals surface area contributed by atoms with Crippen LogP contribution in [-0.4, -0.2) is 30.3 Å². The summed E-state index contributed by atoms with van der Waals surface area (Å²) in [6.07, 6.45) is -4.39. The number of amides is 1. The fourth-order valence-electron chi connectivity index (χ4n) is 1.60. The Morgan fingerprint density at radius 1 is 1.54 bits per heavy atom. The van der Waals surface area contributed by atoms with E-state index in [0.717, 1.165) is 0 Å². The summed E-state index contributed by atoms with van der Waals surface area (Å²) in [7, 11) is 0. The predicted molar refractivity (Wildman–Crippen MR) is 34.4 cm³/mol. The third-order valence-corrected chi connectivity index (χ3v) is 2.31. The number of alkyl halides is 3. The first-order valence-corrected chi connectivity index (χ1v) is 3.75. The maximum absolute atomic E-state index is 12.2. The zero-order valence-electron chi connectivity index (χ0n) is 6.44. The molecule has 2 N–H and O–H groups in total. The fraction of sp³-hybridized carbons (Fsp3) is 0.833. The van der Waals surface area contributed by atoms with Gasteiger partial charge in [-0.05, 0) is 0 Å². The maximum atomic E-state index is 12.2. The third kappa shape index (κ3) is 1.03. The number of halogens is 3. The van der Waals surface area contributed by atoms with Crippen molar-refractivity contribution >= 4 is 5.91 Å². The van der Waals surface area contributed by atoms with E-state index in [1.807, 2.05) is 0 Å². The molecule has 74 valence electrons. The average Bonchev–Trinajstić information content (AvgIpc) is 2.48. The van der Waals surface area contributed by atoms with Crippen LogP contribution in [-0.2, 0) is 9.63 Å². The molecule has 0 aliphatic carbocycles. The summed E-state index contributed by atoms with van der Waals surface area (Å²) in [5.41, 5.74) is 0.577. The van der Waals surface area contributed by atoms with Crippen LogP contribution in [0.5, 0.6) is 0 Å². The van der Waals surface area contributed by atoms with Crippen LogP contribution in [0, 0.1) is 0 Å². The first-order chi connectivity index (χ1) is 5.97. The Kier molecular flexibility index (Phi) is 1.59. The van der Waals surface area contributed by atoms with Gasteiger partial charge >= 0.3 is 6.18 Å². The molecule has 0 aromatic rings. The lowest BCUT2D eigenvalue weighted by Crippen LogP contribution is -2.77. The lowest BCUT2D eigenvalue weighted by atomic mass is 9.82. The molecular weight excluding hydrogens is 189 g/mol. The molecule has 2 fully saturated rings. The average molecular weight is 196 g/mol. The number of carbonyl (C=O) groups excluding carboxylic acids is 1. The Balaban J connectivity index is 2.21. The Bertz CT molecular complexity index is 247. The van der Waals surface area contributed by atoms with Crippen molar-refractivity contribution in [3.05, 3.63) is 0 Å². The topological polar surface area (TPSA) is 50.4 Å². The van der Waals surface area contributed by atoms with Crippen molar-refractivity contribution in [1.29, 1.82) is 0 Å². The SMILES string of the molecule is O=C1NC(C(F)(F)F)C12CCNO2. The second kappa shape index (κ2) is 2.36. The molecule has 2 rings (SSSR count). The molecule has 0 aromatic carbocycles. The van der Waals surface area contributed by atoms with Gasteiger partial charge in [0.25, 0.3) is 5.91 Å². The van der Waals surface area contributed by atoms with Gasteiger partial charge in [0.15, 0.2) is 11.6 Å². The monoisotopic (exact) mass is 196 g/mol. The molecule has 2 aliphatic heterocycles. The summed E-state index contributed by atoms with van der Waals surface area (Å²) in [4.78, 5) is 15.6. The van der Waals surface area contributed by atoms with Crippen LogP contribution in [0.4, 0.5) is 13.2 Å². The number of hydroxylamine groups is 1. The highest BCUT2D eigenvalue weighted by Gasteiger charge is 2.68. The summed E-state index contributed by atoms with van der Waals surface area (Å²) in [6, 6.07) is -1.87. The molecule has 4 nitrogen and oxygen atoms in total. The van der Waals surface area contributed by atoms with Gasteiger partial charge < -0.3 is 5.32 Å². The molecule has 7 heteroatoms. The van der Waals surface area contributed by atoms with E-state index in [2.05, 4.69) is 10.3 Å². The second-order valence-corrected chi connectivity index (χ2v) is 3.08. The fourth-order valence-corrected chi connectivity index (χ4v) is 1.60. The van der Waals surface area contributed by atoms with Crippen molar-refractivity contribution in [3.8, 4) is 0 Å². The molecule has 2 unspecified atom stereocenters. The van der Waals surface area contributed by atoms with Crippen molar-refractivity contribution in [2.24, 2.45) is 0 Å². The highest BCUT2D eigenvalue weighted by Crippen LogP contribution is 2.40. The van der Waals surface area contributed by atoms with Gasteiger partial charge in [0.2, 0.25) is 0 Å². The van der Waals surface area contributed by atoms with Crippen molar-refractivity contribution < 1.29 is 22.8 Å². The third-order valence-electron chi connectivity index (χ3n) is 2.31. The number of hydrogen-bond acceptors (Lipinski definition) is 3. The molecule has 2 aliphatic rings. The Hall–Kier alpha value is -0.820. The Morgan fingerprint density at radius 3 is 2.62 bits per heavy atom. The van der Waals surface area contributed by atoms with Gasteiger partial charge in [0.1, 0.15) is 0 Å². The van der Waals surface area contributed by atoms with Gasteiger partial charge in [0.05, 0.1) is 0 Å². The first-order valence-electron chi connectivity index (χ1n) is 3.75. The van der Waals surface area contributed by atoms with E-state index in [1.165, 1.54) is 0 Å². The van der Waals surface area contributed by atoms with E-state index in [1.54, 1.807) is 5.32 Å². The van der Waals surface area contributed by atoms with Crippen LogP contribution >= 0.6 is 0 Å². The lowest BCUT2D eigenvalue weighted by molar-refractivity contribution is -0.240. The van der Waals surface area contributed by atoms with Crippen LogP contribution in [0.1, 0.15) is 6.42 Å². The zero-order valence-corrected chi connectivity index (χ0v) is 6.44. The number of β-lactam (4-membered cyclic amide) rings is 1. The van der Waals surface area contributed by atoms with Crippen LogP contribution in [0.15, 0.2) is 0 Å². The molecule has 0 bridgehead atoms. The lowest BCUT2D eigenvalue weighted by Gasteiger charge is -2.44. The van der Waals surface area contributed by atoms with Gasteiger partial charge in [0, 0.05) is 13.0 Å². The molecule has 0 saturated carbocycles. The largest absolute Gasteiger partial charge is 0.412 e. The van der Waals surface area contributed by atoms with Crippen LogP contribution in [0.25, 0.3) is 0 Å². The standard InChI is InChI=1S/C6H7F3N2O2/c7-6(8,9)3-5(4(12)11-3)1-2-10-13-5/h3,10H,1-2H2,(H,11,12). The molecule has 0 radical (unpaired) electrons. The van der Waals surface area contributed by atoms with Gasteiger partial charge in [-0.25, -0.2) is 5.48 Å². The minimum Gasteiger partial charge on any atom is -0.339 e. The van der Waals surface area contributed by atoms with E-state index in [4.69, 9.17) is 0 Å². The number of rotatable bonds is 0. The summed E-state index contributed by atoms with van der Waals surface area (Å²) in [5, 5.41) is 1.79. The summed E-state index contributed by atoms with van der Waals surface area (Å²) in [5.74, 6) is -0.695. The van der Waals surface area contributed by atoms with Gasteiger partial charge in [-0.1, -0.05) is 0 Å². The normalized spacial score (nSPS) is 39.0. The minimum absolute atomic E-state index is 0.0585. The summed E-state index contributed by atoms with van der Waals surface area (Å²) < 4.78 is 36.7. The smallest absolute Gasteiger partial charge is 0.339 e. The van der Waals surface area contributed by atoms with E-state index < -0.39 is 23.7 Å². The van der Waals surface area contributed by atoms with E-state index in [9.17, 15) is 18.0 Å². The quantitative estimate of drug-likeness (QED) is 0.523. The zero-order chi connectivity index (χ0) is 9.69. The molecular formula is C6H7F3N2O2. The predicted octanol–water partition coefficient (Wildman–Crippen LogP) is -0.289. The van der Waals surface area contributed by atoms with Crippen LogP contribution in [0.3, 0.4) is 0 Å². The molecule has 2 atom stereocenters.